The quantitative estimate of drug-likeness (QED) is 0.315. The SMILES string of the molecule is CCC(C)(CI)C(C)=NOC(C(N)=O)c1cc(C)cc(C)c1. The summed E-state index contributed by atoms with van der Waals surface area (Å²) in [6.07, 6.45) is 0.100. The van der Waals surface area contributed by atoms with Crippen LogP contribution in [0.2, 0.25) is 0 Å². The maximum absolute atomic E-state index is 11.8. The minimum absolute atomic E-state index is 0.0364. The fourth-order valence-electron chi connectivity index (χ4n) is 2.13. The number of nitrogens with two attached hydrogens (primary N) is 1. The van der Waals surface area contributed by atoms with Gasteiger partial charge in [0.1, 0.15) is 0 Å². The van der Waals surface area contributed by atoms with Gasteiger partial charge >= 0.3 is 0 Å². The number of aryl methyl sites for hydroxylation is 2. The van der Waals surface area contributed by atoms with Crippen LogP contribution < -0.4 is 5.73 Å². The van der Waals surface area contributed by atoms with Crippen molar-refractivity contribution in [3.8, 4) is 0 Å². The van der Waals surface area contributed by atoms with Crippen molar-refractivity contribution in [1.82, 2.24) is 0 Å². The molecule has 2 N–H and O–H groups in total. The maximum Gasteiger partial charge on any atom is 0.266 e. The van der Waals surface area contributed by atoms with E-state index in [-0.39, 0.29) is 5.41 Å². The fraction of sp³-hybridized carbons (Fsp3) is 0.529. The van der Waals surface area contributed by atoms with Gasteiger partial charge in [0.15, 0.2) is 0 Å². The van der Waals surface area contributed by atoms with E-state index in [2.05, 4.69) is 41.6 Å². The molecule has 2 unspecified atom stereocenters. The number of hydrogen-bond donors (Lipinski definition) is 1. The lowest BCUT2D eigenvalue weighted by atomic mass is 9.85. The first-order valence-corrected chi connectivity index (χ1v) is 8.90. The van der Waals surface area contributed by atoms with E-state index < -0.39 is 12.0 Å². The zero-order valence-corrected chi connectivity index (χ0v) is 16.1. The molecule has 0 bridgehead atoms. The Morgan fingerprint density at radius 1 is 1.36 bits per heavy atom. The third-order valence-electron chi connectivity index (χ3n) is 4.05. The van der Waals surface area contributed by atoms with Crippen LogP contribution in [0.1, 0.15) is 50.0 Å². The molecule has 0 spiro atoms. The summed E-state index contributed by atoms with van der Waals surface area (Å²) in [5.74, 6) is -0.533. The molecule has 0 aromatic heterocycles. The van der Waals surface area contributed by atoms with Crippen LogP contribution in [-0.2, 0) is 9.63 Å². The molecule has 1 amide bonds. The molecule has 1 aromatic rings. The molecule has 0 saturated carbocycles. The minimum Gasteiger partial charge on any atom is -0.378 e. The van der Waals surface area contributed by atoms with Crippen molar-refractivity contribution in [3.63, 3.8) is 0 Å². The Kier molecular flexibility index (Phi) is 6.84. The normalized spacial score (nSPS) is 16.0. The van der Waals surface area contributed by atoms with Gasteiger partial charge in [-0.2, -0.15) is 0 Å². The average molecular weight is 416 g/mol. The predicted molar refractivity (Wildman–Crippen MR) is 99.3 cm³/mol. The third-order valence-corrected chi connectivity index (χ3v) is 5.73. The number of benzene rings is 1. The number of hydrogen-bond acceptors (Lipinski definition) is 3. The Bertz CT molecular complexity index is 546. The van der Waals surface area contributed by atoms with Crippen LogP contribution in [-0.4, -0.2) is 16.0 Å². The summed E-state index contributed by atoms with van der Waals surface area (Å²) in [5, 5.41) is 4.21. The highest BCUT2D eigenvalue weighted by Gasteiger charge is 2.26. The number of halogens is 1. The molecule has 1 aromatic carbocycles. The van der Waals surface area contributed by atoms with Crippen LogP contribution in [0.5, 0.6) is 0 Å². The van der Waals surface area contributed by atoms with Gasteiger partial charge in [-0.1, -0.05) is 70.9 Å². The Morgan fingerprint density at radius 2 is 1.91 bits per heavy atom. The molecule has 2 atom stereocenters. The minimum atomic E-state index is -0.858. The Labute approximate surface area is 146 Å². The van der Waals surface area contributed by atoms with Gasteiger partial charge in [-0.3, -0.25) is 4.79 Å². The summed E-state index contributed by atoms with van der Waals surface area (Å²) in [6, 6.07) is 5.86. The highest BCUT2D eigenvalue weighted by atomic mass is 127. The molecule has 1 rings (SSSR count). The van der Waals surface area contributed by atoms with E-state index in [0.29, 0.717) is 0 Å². The smallest absolute Gasteiger partial charge is 0.266 e. The monoisotopic (exact) mass is 416 g/mol. The van der Waals surface area contributed by atoms with Gasteiger partial charge in [0, 0.05) is 15.4 Å². The Morgan fingerprint density at radius 3 is 2.32 bits per heavy atom. The molecular formula is C17H25IN2O2. The van der Waals surface area contributed by atoms with E-state index in [1.807, 2.05) is 39.0 Å². The number of alkyl halides is 1. The molecule has 0 aliphatic carbocycles. The van der Waals surface area contributed by atoms with Gasteiger partial charge < -0.3 is 10.6 Å². The van der Waals surface area contributed by atoms with Crippen LogP contribution >= 0.6 is 22.6 Å². The number of amides is 1. The van der Waals surface area contributed by atoms with E-state index >= 15 is 0 Å². The summed E-state index contributed by atoms with van der Waals surface area (Å²) in [4.78, 5) is 17.3. The summed E-state index contributed by atoms with van der Waals surface area (Å²) < 4.78 is 0.935. The molecule has 122 valence electrons. The number of nitrogens with zero attached hydrogens (tertiary/aromatic N) is 1. The molecule has 5 heteroatoms. The highest BCUT2D eigenvalue weighted by Crippen LogP contribution is 2.27. The molecule has 0 radical (unpaired) electrons. The summed E-state index contributed by atoms with van der Waals surface area (Å²) in [5.41, 5.74) is 9.21. The molecule has 0 heterocycles. The molecule has 4 nitrogen and oxygen atoms in total. The third kappa shape index (κ3) is 4.69. The van der Waals surface area contributed by atoms with Crippen LogP contribution in [0.4, 0.5) is 0 Å². The van der Waals surface area contributed by atoms with Gasteiger partial charge in [0.25, 0.3) is 5.91 Å². The van der Waals surface area contributed by atoms with E-state index in [4.69, 9.17) is 10.6 Å². The Balaban J connectivity index is 3.06. The lowest BCUT2D eigenvalue weighted by Gasteiger charge is -2.25. The standard InChI is InChI=1S/C17H25IN2O2/c1-6-17(5,10-18)13(4)20-22-15(16(19)21)14-8-11(2)7-12(3)9-14/h7-9,15H,6,10H2,1-5H3,(H2,19,21). The van der Waals surface area contributed by atoms with Gasteiger partial charge in [-0.25, -0.2) is 0 Å². The second kappa shape index (κ2) is 7.94. The molecule has 0 aliphatic heterocycles. The molecule has 0 saturated heterocycles. The lowest BCUT2D eigenvalue weighted by molar-refractivity contribution is -0.129. The molecular weight excluding hydrogens is 391 g/mol. The first kappa shape index (κ1) is 18.9. The van der Waals surface area contributed by atoms with Crippen molar-refractivity contribution in [3.05, 3.63) is 34.9 Å². The number of carbonyl (C=O) groups is 1. The van der Waals surface area contributed by atoms with Crippen molar-refractivity contribution in [2.24, 2.45) is 16.3 Å². The zero-order chi connectivity index (χ0) is 16.9. The molecule has 0 fully saturated rings. The number of rotatable bonds is 7. The van der Waals surface area contributed by atoms with E-state index in [0.717, 1.165) is 33.3 Å². The van der Waals surface area contributed by atoms with E-state index in [1.54, 1.807) is 0 Å². The first-order chi connectivity index (χ1) is 10.2. The van der Waals surface area contributed by atoms with Crippen molar-refractivity contribution in [2.45, 2.75) is 47.1 Å². The van der Waals surface area contributed by atoms with Gasteiger partial charge in [-0.05, 0) is 27.2 Å². The second-order valence-corrected chi connectivity index (χ2v) is 6.80. The number of carbonyl (C=O) groups excluding carboxylic acids is 1. The lowest BCUT2D eigenvalue weighted by Crippen LogP contribution is -2.28. The van der Waals surface area contributed by atoms with Gasteiger partial charge in [-0.15, -0.1) is 0 Å². The van der Waals surface area contributed by atoms with Crippen LogP contribution in [0.3, 0.4) is 0 Å². The van der Waals surface area contributed by atoms with E-state index in [9.17, 15) is 4.79 Å². The first-order valence-electron chi connectivity index (χ1n) is 7.38. The summed E-state index contributed by atoms with van der Waals surface area (Å²) in [6.45, 7) is 10.1. The molecule has 0 aliphatic rings. The predicted octanol–water partition coefficient (Wildman–Crippen LogP) is 4.07. The highest BCUT2D eigenvalue weighted by molar-refractivity contribution is 14.1. The zero-order valence-electron chi connectivity index (χ0n) is 13.9. The topological polar surface area (TPSA) is 64.7 Å². The van der Waals surface area contributed by atoms with Crippen molar-refractivity contribution in [2.75, 3.05) is 4.43 Å². The average Bonchev–Trinajstić information content (AvgIpc) is 2.45. The van der Waals surface area contributed by atoms with Gasteiger partial charge in [0.05, 0.1) is 5.71 Å². The fourth-order valence-corrected chi connectivity index (χ4v) is 3.22. The Hall–Kier alpha value is -1.11. The number of primary amides is 1. The number of oxime groups is 1. The van der Waals surface area contributed by atoms with Crippen LogP contribution in [0, 0.1) is 19.3 Å². The summed E-state index contributed by atoms with van der Waals surface area (Å²) in [7, 11) is 0. The van der Waals surface area contributed by atoms with Crippen LogP contribution in [0.25, 0.3) is 0 Å². The largest absolute Gasteiger partial charge is 0.378 e. The molecule has 22 heavy (non-hydrogen) atoms. The van der Waals surface area contributed by atoms with E-state index in [1.165, 1.54) is 0 Å². The van der Waals surface area contributed by atoms with Crippen LogP contribution in [0.15, 0.2) is 23.4 Å². The van der Waals surface area contributed by atoms with Crippen molar-refractivity contribution >= 4 is 34.2 Å². The second-order valence-electron chi connectivity index (χ2n) is 6.03. The van der Waals surface area contributed by atoms with Crippen molar-refractivity contribution < 1.29 is 9.63 Å². The maximum atomic E-state index is 11.8. The van der Waals surface area contributed by atoms with Gasteiger partial charge in [0.2, 0.25) is 6.10 Å². The summed E-state index contributed by atoms with van der Waals surface area (Å²) >= 11 is 2.34. The van der Waals surface area contributed by atoms with Crippen molar-refractivity contribution in [1.29, 1.82) is 0 Å².